The van der Waals surface area contributed by atoms with Crippen molar-refractivity contribution in [2.45, 2.75) is 32.2 Å². The summed E-state index contributed by atoms with van der Waals surface area (Å²) >= 11 is 0. The first-order valence-electron chi connectivity index (χ1n) is 5.56. The fourth-order valence-corrected chi connectivity index (χ4v) is 1.82. The first-order chi connectivity index (χ1) is 7.51. The second kappa shape index (κ2) is 5.32. The summed E-state index contributed by atoms with van der Waals surface area (Å²) < 4.78 is 5.21. The molecule has 3 N–H and O–H groups in total. The van der Waals surface area contributed by atoms with Crippen molar-refractivity contribution in [2.75, 3.05) is 13.7 Å². The standard InChI is InChI=1S/C13H21NO2/c1-10-9-11(5-6-12(10)16-3)13(2,14)7-4-8-15/h5-6,9,15H,4,7-8,14H2,1-3H3. The van der Waals surface area contributed by atoms with Gasteiger partial charge in [0.05, 0.1) is 7.11 Å². The SMILES string of the molecule is COc1ccc(C(C)(N)CCCO)cc1C. The van der Waals surface area contributed by atoms with Crippen molar-refractivity contribution in [3.8, 4) is 5.75 Å². The van der Waals surface area contributed by atoms with Gasteiger partial charge in [-0.1, -0.05) is 12.1 Å². The Labute approximate surface area is 97.2 Å². The lowest BCUT2D eigenvalue weighted by Gasteiger charge is -2.25. The highest BCUT2D eigenvalue weighted by atomic mass is 16.5. The van der Waals surface area contributed by atoms with Crippen molar-refractivity contribution < 1.29 is 9.84 Å². The fourth-order valence-electron chi connectivity index (χ4n) is 1.82. The van der Waals surface area contributed by atoms with Crippen molar-refractivity contribution in [2.24, 2.45) is 5.73 Å². The van der Waals surface area contributed by atoms with E-state index in [1.807, 2.05) is 26.0 Å². The molecule has 0 heterocycles. The van der Waals surface area contributed by atoms with Gasteiger partial charge in [-0.3, -0.25) is 0 Å². The minimum atomic E-state index is -0.389. The molecule has 0 aliphatic rings. The van der Waals surface area contributed by atoms with Crippen LogP contribution in [0, 0.1) is 6.92 Å². The van der Waals surface area contributed by atoms with Crippen molar-refractivity contribution in [1.29, 1.82) is 0 Å². The average Bonchev–Trinajstić information content (AvgIpc) is 2.26. The molecule has 1 aromatic rings. The second-order valence-corrected chi connectivity index (χ2v) is 4.43. The highest BCUT2D eigenvalue weighted by Gasteiger charge is 2.21. The quantitative estimate of drug-likeness (QED) is 0.802. The Morgan fingerprint density at radius 3 is 2.62 bits per heavy atom. The van der Waals surface area contributed by atoms with Gasteiger partial charge in [-0.15, -0.1) is 0 Å². The van der Waals surface area contributed by atoms with Crippen molar-refractivity contribution in [1.82, 2.24) is 0 Å². The Morgan fingerprint density at radius 2 is 2.12 bits per heavy atom. The third kappa shape index (κ3) is 2.97. The van der Waals surface area contributed by atoms with Crippen LogP contribution in [0.15, 0.2) is 18.2 Å². The van der Waals surface area contributed by atoms with E-state index in [1.54, 1.807) is 7.11 Å². The van der Waals surface area contributed by atoms with Crippen LogP contribution in [0.25, 0.3) is 0 Å². The smallest absolute Gasteiger partial charge is 0.121 e. The summed E-state index contributed by atoms with van der Waals surface area (Å²) in [5, 5.41) is 8.84. The van der Waals surface area contributed by atoms with Gasteiger partial charge in [0.15, 0.2) is 0 Å². The van der Waals surface area contributed by atoms with E-state index in [9.17, 15) is 0 Å². The second-order valence-electron chi connectivity index (χ2n) is 4.43. The number of hydrogen-bond donors (Lipinski definition) is 2. The normalized spacial score (nSPS) is 14.6. The number of methoxy groups -OCH3 is 1. The third-order valence-electron chi connectivity index (χ3n) is 2.91. The predicted molar refractivity (Wildman–Crippen MR) is 65.6 cm³/mol. The maximum Gasteiger partial charge on any atom is 0.121 e. The zero-order valence-corrected chi connectivity index (χ0v) is 10.3. The Bertz CT molecular complexity index is 348. The van der Waals surface area contributed by atoms with Gasteiger partial charge >= 0.3 is 0 Å². The molecule has 0 amide bonds. The molecule has 0 radical (unpaired) electrons. The van der Waals surface area contributed by atoms with E-state index in [0.717, 1.165) is 29.7 Å². The van der Waals surface area contributed by atoms with Crippen LogP contribution in [0.4, 0.5) is 0 Å². The Kier molecular flexibility index (Phi) is 4.33. The summed E-state index contributed by atoms with van der Waals surface area (Å²) in [6.07, 6.45) is 1.49. The molecular weight excluding hydrogens is 202 g/mol. The number of ether oxygens (including phenoxy) is 1. The molecule has 0 aromatic heterocycles. The first-order valence-corrected chi connectivity index (χ1v) is 5.56. The Morgan fingerprint density at radius 1 is 1.44 bits per heavy atom. The topological polar surface area (TPSA) is 55.5 Å². The molecule has 0 bridgehead atoms. The molecule has 16 heavy (non-hydrogen) atoms. The van der Waals surface area contributed by atoms with Crippen LogP contribution in [0.1, 0.15) is 30.9 Å². The minimum Gasteiger partial charge on any atom is -0.496 e. The molecule has 0 saturated carbocycles. The van der Waals surface area contributed by atoms with Crippen LogP contribution < -0.4 is 10.5 Å². The average molecular weight is 223 g/mol. The van der Waals surface area contributed by atoms with E-state index < -0.39 is 0 Å². The molecule has 90 valence electrons. The van der Waals surface area contributed by atoms with Gasteiger partial charge in [-0.25, -0.2) is 0 Å². The minimum absolute atomic E-state index is 0.182. The van der Waals surface area contributed by atoms with Crippen LogP contribution in [-0.2, 0) is 5.54 Å². The highest BCUT2D eigenvalue weighted by Crippen LogP contribution is 2.27. The lowest BCUT2D eigenvalue weighted by atomic mass is 9.87. The summed E-state index contributed by atoms with van der Waals surface area (Å²) in [5.41, 5.74) is 8.01. The van der Waals surface area contributed by atoms with E-state index in [4.69, 9.17) is 15.6 Å². The van der Waals surface area contributed by atoms with Gasteiger partial charge in [0, 0.05) is 12.1 Å². The van der Waals surface area contributed by atoms with Gasteiger partial charge in [0.2, 0.25) is 0 Å². The fraction of sp³-hybridized carbons (Fsp3) is 0.538. The number of aliphatic hydroxyl groups excluding tert-OH is 1. The third-order valence-corrected chi connectivity index (χ3v) is 2.91. The molecule has 0 aliphatic carbocycles. The monoisotopic (exact) mass is 223 g/mol. The molecule has 1 rings (SSSR count). The summed E-state index contributed by atoms with van der Waals surface area (Å²) in [4.78, 5) is 0. The van der Waals surface area contributed by atoms with Crippen LogP contribution in [0.5, 0.6) is 5.75 Å². The van der Waals surface area contributed by atoms with Crippen molar-refractivity contribution >= 4 is 0 Å². The molecule has 1 unspecified atom stereocenters. The highest BCUT2D eigenvalue weighted by molar-refractivity contribution is 5.38. The van der Waals surface area contributed by atoms with E-state index >= 15 is 0 Å². The number of aryl methyl sites for hydroxylation is 1. The molecule has 0 aliphatic heterocycles. The molecule has 3 heteroatoms. The summed E-state index contributed by atoms with van der Waals surface area (Å²) in [6, 6.07) is 5.98. The summed E-state index contributed by atoms with van der Waals surface area (Å²) in [7, 11) is 1.66. The number of aliphatic hydroxyl groups is 1. The molecule has 0 fully saturated rings. The zero-order chi connectivity index (χ0) is 12.2. The van der Waals surface area contributed by atoms with E-state index in [1.165, 1.54) is 0 Å². The number of benzene rings is 1. The number of nitrogens with two attached hydrogens (primary N) is 1. The van der Waals surface area contributed by atoms with Crippen LogP contribution >= 0.6 is 0 Å². The molecule has 0 saturated heterocycles. The largest absolute Gasteiger partial charge is 0.496 e. The molecule has 0 spiro atoms. The Balaban J connectivity index is 2.91. The molecule has 3 nitrogen and oxygen atoms in total. The lowest BCUT2D eigenvalue weighted by molar-refractivity contribution is 0.265. The van der Waals surface area contributed by atoms with Crippen molar-refractivity contribution in [3.05, 3.63) is 29.3 Å². The lowest BCUT2D eigenvalue weighted by Crippen LogP contribution is -2.33. The maximum absolute atomic E-state index is 8.84. The van der Waals surface area contributed by atoms with Crippen LogP contribution in [0.2, 0.25) is 0 Å². The Hall–Kier alpha value is -1.06. The van der Waals surface area contributed by atoms with Gasteiger partial charge in [-0.2, -0.15) is 0 Å². The van der Waals surface area contributed by atoms with Crippen molar-refractivity contribution in [3.63, 3.8) is 0 Å². The molecule has 1 atom stereocenters. The number of hydrogen-bond acceptors (Lipinski definition) is 3. The first kappa shape index (κ1) is 13.0. The van der Waals surface area contributed by atoms with Gasteiger partial charge in [-0.05, 0) is 43.9 Å². The van der Waals surface area contributed by atoms with E-state index in [2.05, 4.69) is 6.07 Å². The maximum atomic E-state index is 8.84. The zero-order valence-electron chi connectivity index (χ0n) is 10.3. The summed E-state index contributed by atoms with van der Waals surface area (Å²) in [6.45, 7) is 4.18. The van der Waals surface area contributed by atoms with Gasteiger partial charge < -0.3 is 15.6 Å². The van der Waals surface area contributed by atoms with Crippen LogP contribution in [0.3, 0.4) is 0 Å². The predicted octanol–water partition coefficient (Wildman–Crippen LogP) is 1.95. The van der Waals surface area contributed by atoms with Gasteiger partial charge in [0.25, 0.3) is 0 Å². The van der Waals surface area contributed by atoms with E-state index in [-0.39, 0.29) is 12.1 Å². The van der Waals surface area contributed by atoms with E-state index in [0.29, 0.717) is 0 Å². The number of rotatable bonds is 5. The molecular formula is C13H21NO2. The van der Waals surface area contributed by atoms with Crippen LogP contribution in [-0.4, -0.2) is 18.8 Å². The molecule has 1 aromatic carbocycles. The summed E-state index contributed by atoms with van der Waals surface area (Å²) in [5.74, 6) is 0.877. The van der Waals surface area contributed by atoms with Gasteiger partial charge in [0.1, 0.15) is 5.75 Å².